The third kappa shape index (κ3) is 4.39. The van der Waals surface area contributed by atoms with Crippen molar-refractivity contribution in [1.82, 2.24) is 0 Å². The van der Waals surface area contributed by atoms with Crippen molar-refractivity contribution in [2.24, 2.45) is 0 Å². The number of benzene rings is 2. The first kappa shape index (κ1) is 20.4. The molecule has 0 unspecified atom stereocenters. The molecule has 144 valence electrons. The number of aliphatic hydroxyl groups is 1. The zero-order chi connectivity index (χ0) is 20.3. The largest absolute Gasteiger partial charge is 0.396 e. The van der Waals surface area contributed by atoms with Gasteiger partial charge in [-0.2, -0.15) is 0 Å². The van der Waals surface area contributed by atoms with E-state index in [0.717, 1.165) is 16.7 Å². The summed E-state index contributed by atoms with van der Waals surface area (Å²) in [5.41, 5.74) is 0.711. The highest BCUT2D eigenvalue weighted by Crippen LogP contribution is 2.37. The van der Waals surface area contributed by atoms with Crippen LogP contribution in [0.15, 0.2) is 52.3 Å². The highest BCUT2D eigenvalue weighted by molar-refractivity contribution is 8.19. The molecule has 28 heavy (non-hydrogen) atoms. The molecule has 0 atom stereocenters. The molecule has 0 spiro atoms. The van der Waals surface area contributed by atoms with Crippen LogP contribution < -0.4 is 4.90 Å². The number of imide groups is 1. The number of aliphatic hydroxyl groups excluding tert-OH is 1. The molecule has 0 radical (unpaired) electrons. The number of hydrogen-bond donors (Lipinski definition) is 1. The average molecular weight is 437 g/mol. The van der Waals surface area contributed by atoms with E-state index in [4.69, 9.17) is 16.7 Å². The number of nitro groups is 1. The smallest absolute Gasteiger partial charge is 0.298 e. The Bertz CT molecular complexity index is 978. The lowest BCUT2D eigenvalue weighted by Crippen LogP contribution is -2.27. The molecule has 2 aromatic carbocycles. The summed E-state index contributed by atoms with van der Waals surface area (Å²) in [5.74, 6) is -0.168. The van der Waals surface area contributed by atoms with Crippen molar-refractivity contribution in [3.63, 3.8) is 0 Å². The van der Waals surface area contributed by atoms with E-state index in [-0.39, 0.29) is 17.2 Å². The van der Waals surface area contributed by atoms with Crippen LogP contribution in [0.4, 0.5) is 16.2 Å². The van der Waals surface area contributed by atoms with Crippen molar-refractivity contribution < 1.29 is 19.6 Å². The Morgan fingerprint density at radius 2 is 1.93 bits per heavy atom. The van der Waals surface area contributed by atoms with Crippen LogP contribution in [0.3, 0.4) is 0 Å². The molecule has 0 saturated carbocycles. The van der Waals surface area contributed by atoms with Crippen molar-refractivity contribution in [3.05, 3.63) is 68.1 Å². The molecule has 1 N–H and O–H groups in total. The summed E-state index contributed by atoms with van der Waals surface area (Å²) in [5, 5.41) is 20.3. The van der Waals surface area contributed by atoms with Gasteiger partial charge in [0.1, 0.15) is 0 Å². The topological polar surface area (TPSA) is 101 Å². The Morgan fingerprint density at radius 1 is 1.21 bits per heavy atom. The van der Waals surface area contributed by atoms with Crippen molar-refractivity contribution in [2.75, 3.05) is 17.3 Å². The van der Waals surface area contributed by atoms with Gasteiger partial charge in [0.2, 0.25) is 0 Å². The molecule has 1 heterocycles. The monoisotopic (exact) mass is 436 g/mol. The normalized spacial score (nSPS) is 15.5. The first-order valence-corrected chi connectivity index (χ1v) is 10.1. The van der Waals surface area contributed by atoms with E-state index >= 15 is 0 Å². The Labute approximate surface area is 173 Å². The summed E-state index contributed by atoms with van der Waals surface area (Å²) < 4.78 is 0. The first-order chi connectivity index (χ1) is 13.4. The second-order valence-electron chi connectivity index (χ2n) is 5.55. The molecule has 7 nitrogen and oxygen atoms in total. The van der Waals surface area contributed by atoms with E-state index in [0.29, 0.717) is 26.9 Å². The van der Waals surface area contributed by atoms with Crippen LogP contribution in [0, 0.1) is 10.1 Å². The fourth-order valence-corrected chi connectivity index (χ4v) is 4.20. The predicted octanol–water partition coefficient (Wildman–Crippen LogP) is 4.57. The molecule has 1 saturated heterocycles. The SMILES string of the molecule is O=C1SC(=Cc2ccc(SCCO)c([N+](=O)[O-])c2)C(=O)N1c1ccc(Cl)cc1. The summed E-state index contributed by atoms with van der Waals surface area (Å²) in [6, 6.07) is 10.8. The lowest BCUT2D eigenvalue weighted by Gasteiger charge is -2.12. The molecule has 1 fully saturated rings. The van der Waals surface area contributed by atoms with Gasteiger partial charge in [-0.3, -0.25) is 19.7 Å². The molecular weight excluding hydrogens is 424 g/mol. The quantitative estimate of drug-likeness (QED) is 0.306. The van der Waals surface area contributed by atoms with Gasteiger partial charge in [-0.05, 0) is 53.7 Å². The Kier molecular flexibility index (Phi) is 6.40. The molecule has 0 aromatic heterocycles. The van der Waals surface area contributed by atoms with E-state index in [1.54, 1.807) is 36.4 Å². The second kappa shape index (κ2) is 8.78. The van der Waals surface area contributed by atoms with Crippen LogP contribution in [0.25, 0.3) is 6.08 Å². The Balaban J connectivity index is 1.90. The maximum atomic E-state index is 12.6. The number of carbonyl (C=O) groups is 2. The molecule has 3 rings (SSSR count). The summed E-state index contributed by atoms with van der Waals surface area (Å²) in [6.45, 7) is -0.0958. The fourth-order valence-electron chi connectivity index (χ4n) is 2.48. The zero-order valence-corrected chi connectivity index (χ0v) is 16.6. The zero-order valence-electron chi connectivity index (χ0n) is 14.2. The van der Waals surface area contributed by atoms with Gasteiger partial charge in [0.25, 0.3) is 16.8 Å². The van der Waals surface area contributed by atoms with Crippen LogP contribution in [-0.2, 0) is 4.79 Å². The van der Waals surface area contributed by atoms with Gasteiger partial charge >= 0.3 is 0 Å². The van der Waals surface area contributed by atoms with E-state index in [2.05, 4.69) is 0 Å². The van der Waals surface area contributed by atoms with Crippen LogP contribution in [0.5, 0.6) is 0 Å². The molecular formula is C18H13ClN2O5S2. The summed E-state index contributed by atoms with van der Waals surface area (Å²) in [4.78, 5) is 37.4. The predicted molar refractivity (Wildman–Crippen MR) is 111 cm³/mol. The fraction of sp³-hybridized carbons (Fsp3) is 0.111. The van der Waals surface area contributed by atoms with Gasteiger partial charge < -0.3 is 5.11 Å². The van der Waals surface area contributed by atoms with Crippen LogP contribution >= 0.6 is 35.1 Å². The number of nitrogens with zero attached hydrogens (tertiary/aromatic N) is 2. The highest BCUT2D eigenvalue weighted by atomic mass is 35.5. The average Bonchev–Trinajstić information content (AvgIpc) is 2.94. The third-order valence-electron chi connectivity index (χ3n) is 3.70. The minimum atomic E-state index is -0.517. The van der Waals surface area contributed by atoms with Crippen LogP contribution in [0.2, 0.25) is 5.02 Å². The number of rotatable bonds is 6. The molecule has 10 heteroatoms. The Hall–Kier alpha value is -2.33. The lowest BCUT2D eigenvalue weighted by molar-refractivity contribution is -0.387. The van der Waals surface area contributed by atoms with E-state index < -0.39 is 16.1 Å². The van der Waals surface area contributed by atoms with E-state index in [1.807, 2.05) is 0 Å². The minimum Gasteiger partial charge on any atom is -0.396 e. The van der Waals surface area contributed by atoms with Gasteiger partial charge in [0, 0.05) is 16.8 Å². The van der Waals surface area contributed by atoms with Crippen molar-refractivity contribution in [3.8, 4) is 0 Å². The third-order valence-corrected chi connectivity index (χ3v) is 5.87. The van der Waals surface area contributed by atoms with Crippen LogP contribution in [0.1, 0.15) is 5.56 Å². The molecule has 1 aliphatic heterocycles. The maximum absolute atomic E-state index is 12.6. The number of amides is 2. The van der Waals surface area contributed by atoms with E-state index in [9.17, 15) is 19.7 Å². The summed E-state index contributed by atoms with van der Waals surface area (Å²) in [7, 11) is 0. The number of hydrogen-bond acceptors (Lipinski definition) is 7. The number of anilines is 1. The summed E-state index contributed by atoms with van der Waals surface area (Å²) >= 11 is 7.77. The van der Waals surface area contributed by atoms with Crippen molar-refractivity contribution >= 4 is 63.7 Å². The lowest BCUT2D eigenvalue weighted by atomic mass is 10.2. The molecule has 1 aliphatic rings. The second-order valence-corrected chi connectivity index (χ2v) is 8.12. The van der Waals surface area contributed by atoms with Gasteiger partial charge in [-0.25, -0.2) is 4.90 Å². The highest BCUT2D eigenvalue weighted by Gasteiger charge is 2.36. The maximum Gasteiger partial charge on any atom is 0.298 e. The number of nitro benzene ring substituents is 1. The van der Waals surface area contributed by atoms with Gasteiger partial charge in [-0.15, -0.1) is 11.8 Å². The number of thioether (sulfide) groups is 2. The van der Waals surface area contributed by atoms with Gasteiger partial charge in [0.15, 0.2) is 0 Å². The van der Waals surface area contributed by atoms with Crippen LogP contribution in [-0.4, -0.2) is 33.5 Å². The molecule has 2 aromatic rings. The Morgan fingerprint density at radius 3 is 2.57 bits per heavy atom. The van der Waals surface area contributed by atoms with Crippen molar-refractivity contribution in [1.29, 1.82) is 0 Å². The molecule has 0 bridgehead atoms. The number of carbonyl (C=O) groups excluding carboxylic acids is 2. The van der Waals surface area contributed by atoms with Crippen molar-refractivity contribution in [2.45, 2.75) is 4.90 Å². The molecule has 2 amide bonds. The molecule has 0 aliphatic carbocycles. The van der Waals surface area contributed by atoms with Gasteiger partial charge in [-0.1, -0.05) is 17.7 Å². The minimum absolute atomic E-state index is 0.0958. The summed E-state index contributed by atoms with van der Waals surface area (Å²) in [6.07, 6.45) is 1.45. The van der Waals surface area contributed by atoms with Gasteiger partial charge in [0.05, 0.1) is 27.0 Å². The van der Waals surface area contributed by atoms with E-state index in [1.165, 1.54) is 23.9 Å². The standard InChI is InChI=1S/C18H13ClN2O5S2/c19-12-2-4-13(5-3-12)20-17(23)16(28-18(20)24)10-11-1-6-15(27-8-7-22)14(9-11)21(25)26/h1-6,9-10,22H,7-8H2. The first-order valence-electron chi connectivity index (χ1n) is 7.96. The number of halogens is 1.